The molecule has 0 saturated heterocycles. The van der Waals surface area contributed by atoms with Crippen molar-refractivity contribution in [3.8, 4) is 5.75 Å². The summed E-state index contributed by atoms with van der Waals surface area (Å²) in [5.41, 5.74) is 6.54. The van der Waals surface area contributed by atoms with Crippen LogP contribution in [0.15, 0.2) is 24.3 Å². The minimum Gasteiger partial charge on any atom is -0.508 e. The molecule has 0 radical (unpaired) electrons. The Bertz CT molecular complexity index is 827. The van der Waals surface area contributed by atoms with Gasteiger partial charge in [0.2, 0.25) is 17.7 Å². The third kappa shape index (κ3) is 8.70. The van der Waals surface area contributed by atoms with Crippen molar-refractivity contribution >= 4 is 23.7 Å². The molecule has 0 fully saturated rings. The minimum absolute atomic E-state index is 0.0408. The second-order valence-electron chi connectivity index (χ2n) is 8.51. The molecule has 3 amide bonds. The Balaban J connectivity index is 3.09. The highest BCUT2D eigenvalue weighted by Gasteiger charge is 2.32. The number of amides is 3. The van der Waals surface area contributed by atoms with Gasteiger partial charge in [-0.2, -0.15) is 0 Å². The van der Waals surface area contributed by atoms with Gasteiger partial charge >= 0.3 is 5.97 Å². The molecule has 0 spiro atoms. The first-order chi connectivity index (χ1) is 15.4. The molecule has 0 bridgehead atoms. The Morgan fingerprint density at radius 1 is 0.848 bits per heavy atom. The van der Waals surface area contributed by atoms with Crippen LogP contribution in [0, 0.1) is 11.8 Å². The van der Waals surface area contributed by atoms with E-state index < -0.39 is 60.4 Å². The monoisotopic (exact) mass is 466 g/mol. The SMILES string of the molecule is CC(C)C(N)C(=O)NC(Cc1ccc(O)cc1)C(=O)NC(C(=O)NC(CO)C(=O)O)C(C)C. The highest BCUT2D eigenvalue weighted by Crippen LogP contribution is 2.13. The third-order valence-electron chi connectivity index (χ3n) is 5.07. The molecule has 0 aliphatic heterocycles. The van der Waals surface area contributed by atoms with Gasteiger partial charge in [0.1, 0.15) is 23.9 Å². The van der Waals surface area contributed by atoms with E-state index in [-0.39, 0.29) is 18.1 Å². The number of carboxylic acid groups (broad SMARTS) is 1. The molecule has 4 atom stereocenters. The van der Waals surface area contributed by atoms with Gasteiger partial charge in [-0.3, -0.25) is 14.4 Å². The molecule has 33 heavy (non-hydrogen) atoms. The van der Waals surface area contributed by atoms with E-state index in [0.717, 1.165) is 0 Å². The van der Waals surface area contributed by atoms with Gasteiger partial charge in [0, 0.05) is 6.42 Å². The van der Waals surface area contributed by atoms with Gasteiger partial charge in [0.05, 0.1) is 12.6 Å². The molecule has 0 heterocycles. The van der Waals surface area contributed by atoms with Crippen molar-refractivity contribution < 1.29 is 34.5 Å². The highest BCUT2D eigenvalue weighted by atomic mass is 16.4. The number of carbonyl (C=O) groups excluding carboxylic acids is 3. The van der Waals surface area contributed by atoms with Crippen molar-refractivity contribution in [2.75, 3.05) is 6.61 Å². The lowest BCUT2D eigenvalue weighted by Gasteiger charge is -2.27. The fourth-order valence-electron chi connectivity index (χ4n) is 2.88. The molecule has 0 aliphatic carbocycles. The van der Waals surface area contributed by atoms with E-state index in [2.05, 4.69) is 16.0 Å². The molecule has 8 N–H and O–H groups in total. The van der Waals surface area contributed by atoms with E-state index in [9.17, 15) is 24.3 Å². The molecule has 1 aromatic rings. The summed E-state index contributed by atoms with van der Waals surface area (Å²) in [6.07, 6.45) is 0.0590. The second-order valence-corrected chi connectivity index (χ2v) is 8.51. The molecule has 11 nitrogen and oxygen atoms in total. The summed E-state index contributed by atoms with van der Waals surface area (Å²) in [5.74, 6) is -3.97. The number of aliphatic carboxylic acids is 1. The number of hydrogen-bond donors (Lipinski definition) is 7. The van der Waals surface area contributed by atoms with Crippen molar-refractivity contribution in [2.24, 2.45) is 17.6 Å². The van der Waals surface area contributed by atoms with E-state index >= 15 is 0 Å². The number of benzene rings is 1. The molecule has 4 unspecified atom stereocenters. The summed E-state index contributed by atoms with van der Waals surface area (Å²) in [6, 6.07) is 1.48. The van der Waals surface area contributed by atoms with E-state index in [4.69, 9.17) is 15.9 Å². The van der Waals surface area contributed by atoms with E-state index in [1.54, 1.807) is 39.8 Å². The summed E-state index contributed by atoms with van der Waals surface area (Å²) < 4.78 is 0. The number of rotatable bonds is 12. The molecule has 0 saturated carbocycles. The lowest BCUT2D eigenvalue weighted by Crippen LogP contribution is -2.59. The molecule has 0 aromatic heterocycles. The molecular formula is C22H34N4O7. The summed E-state index contributed by atoms with van der Waals surface area (Å²) in [5, 5.41) is 35.0. The first-order valence-electron chi connectivity index (χ1n) is 10.7. The summed E-state index contributed by atoms with van der Waals surface area (Å²) in [6.45, 7) is 6.02. The van der Waals surface area contributed by atoms with Crippen LogP contribution in [-0.2, 0) is 25.6 Å². The topological polar surface area (TPSA) is 191 Å². The van der Waals surface area contributed by atoms with Gasteiger partial charge in [-0.05, 0) is 29.5 Å². The zero-order chi connectivity index (χ0) is 25.3. The lowest BCUT2D eigenvalue weighted by molar-refractivity contribution is -0.143. The van der Waals surface area contributed by atoms with Crippen molar-refractivity contribution in [3.63, 3.8) is 0 Å². The number of aliphatic hydroxyl groups is 1. The van der Waals surface area contributed by atoms with Crippen LogP contribution in [0.2, 0.25) is 0 Å². The zero-order valence-electron chi connectivity index (χ0n) is 19.2. The predicted octanol–water partition coefficient (Wildman–Crippen LogP) is -0.895. The van der Waals surface area contributed by atoms with Gasteiger partial charge < -0.3 is 37.0 Å². The average molecular weight is 467 g/mol. The third-order valence-corrected chi connectivity index (χ3v) is 5.07. The fraction of sp³-hybridized carbons (Fsp3) is 0.545. The highest BCUT2D eigenvalue weighted by molar-refractivity contribution is 5.94. The first kappa shape index (κ1) is 27.9. The number of carboxylic acids is 1. The number of phenolic OH excluding ortho intramolecular Hbond substituents is 1. The molecular weight excluding hydrogens is 432 g/mol. The number of nitrogens with two attached hydrogens (primary N) is 1. The van der Waals surface area contributed by atoms with Crippen molar-refractivity contribution in [1.29, 1.82) is 0 Å². The van der Waals surface area contributed by atoms with E-state index in [1.807, 2.05) is 0 Å². The van der Waals surface area contributed by atoms with E-state index in [0.29, 0.717) is 5.56 Å². The Hall–Kier alpha value is -3.18. The lowest BCUT2D eigenvalue weighted by atomic mass is 9.99. The number of hydrogen-bond acceptors (Lipinski definition) is 7. The van der Waals surface area contributed by atoms with Crippen LogP contribution in [0.3, 0.4) is 0 Å². The number of aliphatic hydroxyl groups excluding tert-OH is 1. The number of phenols is 1. The first-order valence-corrected chi connectivity index (χ1v) is 10.7. The summed E-state index contributed by atoms with van der Waals surface area (Å²) in [4.78, 5) is 49.3. The molecule has 0 aliphatic rings. The number of carbonyl (C=O) groups is 4. The Morgan fingerprint density at radius 2 is 1.39 bits per heavy atom. The Kier molecular flexibility index (Phi) is 10.8. The van der Waals surface area contributed by atoms with E-state index in [1.165, 1.54) is 12.1 Å². The number of nitrogens with one attached hydrogen (secondary N) is 3. The van der Waals surface area contributed by atoms with Gasteiger partial charge in [0.25, 0.3) is 0 Å². The summed E-state index contributed by atoms with van der Waals surface area (Å²) in [7, 11) is 0. The van der Waals surface area contributed by atoms with Gasteiger partial charge in [-0.15, -0.1) is 0 Å². The van der Waals surface area contributed by atoms with Crippen LogP contribution in [0.4, 0.5) is 0 Å². The quantitative estimate of drug-likeness (QED) is 0.206. The standard InChI is InChI=1S/C22H34N4O7/c1-11(2)17(23)20(30)24-15(9-13-5-7-14(28)8-6-13)19(29)26-18(12(3)4)21(31)25-16(10-27)22(32)33/h5-8,11-12,15-18,27-28H,9-10,23H2,1-4H3,(H,24,30)(H,25,31)(H,26,29)(H,32,33). The van der Waals surface area contributed by atoms with Crippen LogP contribution in [-0.4, -0.2) is 69.8 Å². The zero-order valence-corrected chi connectivity index (χ0v) is 19.2. The van der Waals surface area contributed by atoms with Crippen molar-refractivity contribution in [3.05, 3.63) is 29.8 Å². The normalized spacial score (nSPS) is 14.8. The van der Waals surface area contributed by atoms with Crippen molar-refractivity contribution in [1.82, 2.24) is 16.0 Å². The van der Waals surface area contributed by atoms with Crippen molar-refractivity contribution in [2.45, 2.75) is 58.3 Å². The smallest absolute Gasteiger partial charge is 0.328 e. The summed E-state index contributed by atoms with van der Waals surface area (Å²) >= 11 is 0. The Labute approximate surface area is 192 Å². The van der Waals surface area contributed by atoms with Crippen LogP contribution in [0.25, 0.3) is 0 Å². The van der Waals surface area contributed by atoms with Gasteiger partial charge in [-0.25, -0.2) is 4.79 Å². The minimum atomic E-state index is -1.52. The molecule has 1 rings (SSSR count). The maximum atomic E-state index is 13.1. The maximum Gasteiger partial charge on any atom is 0.328 e. The van der Waals surface area contributed by atoms with Gasteiger partial charge in [0.15, 0.2) is 0 Å². The number of aromatic hydroxyl groups is 1. The van der Waals surface area contributed by atoms with Gasteiger partial charge in [-0.1, -0.05) is 39.8 Å². The van der Waals surface area contributed by atoms with Crippen LogP contribution >= 0.6 is 0 Å². The Morgan fingerprint density at radius 3 is 1.85 bits per heavy atom. The molecule has 184 valence electrons. The molecule has 11 heteroatoms. The molecule has 1 aromatic carbocycles. The maximum absolute atomic E-state index is 13.1. The van der Waals surface area contributed by atoms with Crippen LogP contribution in [0.5, 0.6) is 5.75 Å². The van der Waals surface area contributed by atoms with Crippen LogP contribution < -0.4 is 21.7 Å². The average Bonchev–Trinajstić information content (AvgIpc) is 2.75. The predicted molar refractivity (Wildman–Crippen MR) is 120 cm³/mol. The van der Waals surface area contributed by atoms with Crippen LogP contribution in [0.1, 0.15) is 33.3 Å². The fourth-order valence-corrected chi connectivity index (χ4v) is 2.88. The second kappa shape index (κ2) is 12.8. The largest absolute Gasteiger partial charge is 0.508 e.